The van der Waals surface area contributed by atoms with Crippen molar-refractivity contribution in [3.05, 3.63) is 71.4 Å². The third-order valence-corrected chi connectivity index (χ3v) is 5.07. The summed E-state index contributed by atoms with van der Waals surface area (Å²) in [5, 5.41) is 10.00. The minimum Gasteiger partial charge on any atom is -0.508 e. The van der Waals surface area contributed by atoms with Crippen molar-refractivity contribution >= 4 is 23.2 Å². The predicted molar refractivity (Wildman–Crippen MR) is 105 cm³/mol. The molecule has 2 aromatic carbocycles. The lowest BCUT2D eigenvalue weighted by molar-refractivity contribution is 0.0715. The number of benzene rings is 2. The van der Waals surface area contributed by atoms with Crippen molar-refractivity contribution < 1.29 is 14.3 Å². The topological polar surface area (TPSA) is 56.9 Å². The van der Waals surface area contributed by atoms with Crippen LogP contribution >= 0.6 is 11.6 Å². The molecular weight excluding hydrogens is 364 g/mol. The van der Waals surface area contributed by atoms with Gasteiger partial charge in [-0.15, -0.1) is 0 Å². The van der Waals surface area contributed by atoms with Crippen LogP contribution in [0.3, 0.4) is 0 Å². The summed E-state index contributed by atoms with van der Waals surface area (Å²) in [6, 6.07) is 18.0. The van der Waals surface area contributed by atoms with E-state index in [2.05, 4.69) is 4.90 Å². The van der Waals surface area contributed by atoms with E-state index in [1.165, 1.54) is 0 Å². The molecule has 6 heteroatoms. The highest BCUT2D eigenvalue weighted by atomic mass is 35.5. The van der Waals surface area contributed by atoms with Gasteiger partial charge in [-0.1, -0.05) is 23.7 Å². The first-order valence-corrected chi connectivity index (χ1v) is 9.17. The van der Waals surface area contributed by atoms with Crippen LogP contribution in [0.15, 0.2) is 65.1 Å². The van der Waals surface area contributed by atoms with E-state index < -0.39 is 0 Å². The quantitative estimate of drug-likeness (QED) is 0.735. The molecule has 1 aromatic heterocycles. The molecule has 1 aliphatic heterocycles. The minimum atomic E-state index is -0.112. The standard InChI is InChI=1S/C21H19ClN2O3/c22-18-4-2-1-3-17(18)19-9-10-20(27-19)21(26)24-13-11-23(12-14-24)15-5-7-16(25)8-6-15/h1-10,25H,11-14H2. The molecule has 27 heavy (non-hydrogen) atoms. The Morgan fingerprint density at radius 2 is 1.63 bits per heavy atom. The fourth-order valence-corrected chi connectivity index (χ4v) is 3.47. The summed E-state index contributed by atoms with van der Waals surface area (Å²) in [6.07, 6.45) is 0. The molecule has 3 aromatic rings. The monoisotopic (exact) mass is 382 g/mol. The van der Waals surface area contributed by atoms with Gasteiger partial charge in [-0.05, 0) is 48.5 Å². The maximum absolute atomic E-state index is 12.8. The number of phenolic OH excluding ortho intramolecular Hbond substituents is 1. The lowest BCUT2D eigenvalue weighted by atomic mass is 10.2. The van der Waals surface area contributed by atoms with Crippen LogP contribution in [0, 0.1) is 0 Å². The summed E-state index contributed by atoms with van der Waals surface area (Å²) < 4.78 is 5.77. The lowest BCUT2D eigenvalue weighted by Crippen LogP contribution is -2.48. The van der Waals surface area contributed by atoms with Gasteiger partial charge >= 0.3 is 0 Å². The predicted octanol–water partition coefficient (Wildman–Crippen LogP) is 4.27. The summed E-state index contributed by atoms with van der Waals surface area (Å²) in [5.74, 6) is 1.05. The molecule has 0 aliphatic carbocycles. The van der Waals surface area contributed by atoms with Crippen molar-refractivity contribution in [2.24, 2.45) is 0 Å². The molecular formula is C21H19ClN2O3. The smallest absolute Gasteiger partial charge is 0.289 e. The van der Waals surface area contributed by atoms with Gasteiger partial charge in [0.05, 0.1) is 5.02 Å². The third-order valence-electron chi connectivity index (χ3n) is 4.74. The normalized spacial score (nSPS) is 14.4. The number of rotatable bonds is 3. The molecule has 1 saturated heterocycles. The number of piperazine rings is 1. The average molecular weight is 383 g/mol. The second-order valence-corrected chi connectivity index (χ2v) is 6.85. The van der Waals surface area contributed by atoms with Gasteiger partial charge in [0.25, 0.3) is 5.91 Å². The minimum absolute atomic E-state index is 0.112. The number of carbonyl (C=O) groups excluding carboxylic acids is 1. The van der Waals surface area contributed by atoms with Crippen LogP contribution in [-0.4, -0.2) is 42.1 Å². The number of carbonyl (C=O) groups is 1. The van der Waals surface area contributed by atoms with Gasteiger partial charge in [-0.2, -0.15) is 0 Å². The molecule has 0 spiro atoms. The van der Waals surface area contributed by atoms with Crippen molar-refractivity contribution in [3.8, 4) is 17.1 Å². The highest BCUT2D eigenvalue weighted by Gasteiger charge is 2.24. The third kappa shape index (κ3) is 3.64. The maximum Gasteiger partial charge on any atom is 0.289 e. The number of phenols is 1. The summed E-state index contributed by atoms with van der Waals surface area (Å²) in [5.41, 5.74) is 1.81. The number of hydrogen-bond donors (Lipinski definition) is 1. The Morgan fingerprint density at radius 3 is 2.33 bits per heavy atom. The molecule has 1 N–H and O–H groups in total. The molecule has 138 valence electrons. The molecule has 4 rings (SSSR count). The molecule has 0 bridgehead atoms. The fraction of sp³-hybridized carbons (Fsp3) is 0.190. The zero-order valence-corrected chi connectivity index (χ0v) is 15.4. The Bertz CT molecular complexity index is 944. The molecule has 2 heterocycles. The molecule has 5 nitrogen and oxygen atoms in total. The van der Waals surface area contributed by atoms with Gasteiger partial charge < -0.3 is 19.3 Å². The number of hydrogen-bond acceptors (Lipinski definition) is 4. The second kappa shape index (κ2) is 7.37. The highest BCUT2D eigenvalue weighted by molar-refractivity contribution is 6.33. The maximum atomic E-state index is 12.8. The molecule has 1 fully saturated rings. The Labute approximate surface area is 162 Å². The first-order valence-electron chi connectivity index (χ1n) is 8.80. The molecule has 0 atom stereocenters. The number of furan rings is 1. The molecule has 0 unspecified atom stereocenters. The van der Waals surface area contributed by atoms with Gasteiger partial charge in [0.15, 0.2) is 5.76 Å². The van der Waals surface area contributed by atoms with E-state index in [0.717, 1.165) is 24.3 Å². The fourth-order valence-electron chi connectivity index (χ4n) is 3.25. The Balaban J connectivity index is 1.43. The number of amides is 1. The van der Waals surface area contributed by atoms with E-state index in [-0.39, 0.29) is 11.7 Å². The van der Waals surface area contributed by atoms with Crippen molar-refractivity contribution in [1.29, 1.82) is 0 Å². The number of halogens is 1. The Hall–Kier alpha value is -2.92. The van der Waals surface area contributed by atoms with Crippen molar-refractivity contribution in [1.82, 2.24) is 4.90 Å². The second-order valence-electron chi connectivity index (χ2n) is 6.44. The molecule has 0 saturated carbocycles. The Morgan fingerprint density at radius 1 is 0.926 bits per heavy atom. The van der Waals surface area contributed by atoms with Gasteiger partial charge in [0.2, 0.25) is 0 Å². The van der Waals surface area contributed by atoms with Crippen LogP contribution in [0.5, 0.6) is 5.75 Å². The van der Waals surface area contributed by atoms with E-state index in [1.807, 2.05) is 30.3 Å². The van der Waals surface area contributed by atoms with Crippen LogP contribution in [-0.2, 0) is 0 Å². The van der Waals surface area contributed by atoms with Crippen LogP contribution in [0.25, 0.3) is 11.3 Å². The van der Waals surface area contributed by atoms with Gasteiger partial charge in [0, 0.05) is 37.4 Å². The van der Waals surface area contributed by atoms with Crippen LogP contribution in [0.1, 0.15) is 10.6 Å². The Kier molecular flexibility index (Phi) is 4.77. The first-order chi connectivity index (χ1) is 13.1. The zero-order valence-electron chi connectivity index (χ0n) is 14.6. The van der Waals surface area contributed by atoms with Crippen LogP contribution in [0.4, 0.5) is 5.69 Å². The lowest BCUT2D eigenvalue weighted by Gasteiger charge is -2.35. The molecule has 1 amide bonds. The van der Waals surface area contributed by atoms with E-state index in [9.17, 15) is 9.90 Å². The average Bonchev–Trinajstić information content (AvgIpc) is 3.18. The van der Waals surface area contributed by atoms with Crippen LogP contribution < -0.4 is 4.90 Å². The summed E-state index contributed by atoms with van der Waals surface area (Å²) >= 11 is 6.20. The van der Waals surface area contributed by atoms with Crippen molar-refractivity contribution in [2.45, 2.75) is 0 Å². The number of aromatic hydroxyl groups is 1. The largest absolute Gasteiger partial charge is 0.508 e. The first kappa shape index (κ1) is 17.5. The highest BCUT2D eigenvalue weighted by Crippen LogP contribution is 2.29. The van der Waals surface area contributed by atoms with E-state index in [0.29, 0.717) is 29.6 Å². The molecule has 1 aliphatic rings. The summed E-state index contributed by atoms with van der Waals surface area (Å²) in [4.78, 5) is 16.8. The van der Waals surface area contributed by atoms with Crippen LogP contribution in [0.2, 0.25) is 5.02 Å². The van der Waals surface area contributed by atoms with Gasteiger partial charge in [0.1, 0.15) is 11.5 Å². The van der Waals surface area contributed by atoms with E-state index >= 15 is 0 Å². The van der Waals surface area contributed by atoms with Crippen molar-refractivity contribution in [2.75, 3.05) is 31.1 Å². The molecule has 0 radical (unpaired) electrons. The zero-order chi connectivity index (χ0) is 18.8. The summed E-state index contributed by atoms with van der Waals surface area (Å²) in [7, 11) is 0. The number of anilines is 1. The van der Waals surface area contributed by atoms with Gasteiger partial charge in [-0.3, -0.25) is 4.79 Å². The van der Waals surface area contributed by atoms with E-state index in [4.69, 9.17) is 16.0 Å². The summed E-state index contributed by atoms with van der Waals surface area (Å²) in [6.45, 7) is 2.69. The van der Waals surface area contributed by atoms with Crippen molar-refractivity contribution in [3.63, 3.8) is 0 Å². The van der Waals surface area contributed by atoms with Gasteiger partial charge in [-0.25, -0.2) is 0 Å². The number of nitrogens with zero attached hydrogens (tertiary/aromatic N) is 2. The van der Waals surface area contributed by atoms with E-state index in [1.54, 1.807) is 35.2 Å². The SMILES string of the molecule is O=C(c1ccc(-c2ccccc2Cl)o1)N1CCN(c2ccc(O)cc2)CC1.